The number of urea groups is 1. The smallest absolute Gasteiger partial charge is 0.316 e. The van der Waals surface area contributed by atoms with Crippen molar-refractivity contribution in [1.82, 2.24) is 10.2 Å². The fourth-order valence-corrected chi connectivity index (χ4v) is 0.891. The SMILES string of the molecule is CCCCCN(C)C(=O)NC. The molecule has 0 aromatic rings. The summed E-state index contributed by atoms with van der Waals surface area (Å²) in [6, 6.07) is 0.00102. The Morgan fingerprint density at radius 1 is 1.45 bits per heavy atom. The Morgan fingerprint density at radius 3 is 2.55 bits per heavy atom. The maximum Gasteiger partial charge on any atom is 0.316 e. The molecule has 66 valence electrons. The molecule has 3 nitrogen and oxygen atoms in total. The van der Waals surface area contributed by atoms with Gasteiger partial charge in [0.1, 0.15) is 0 Å². The van der Waals surface area contributed by atoms with Crippen LogP contribution in [0.15, 0.2) is 0 Å². The number of carbonyl (C=O) groups is 1. The standard InChI is InChI=1S/C8H18N2O/c1-4-5-6-7-10(3)8(11)9-2/h4-7H2,1-3H3,(H,9,11). The van der Waals surface area contributed by atoms with E-state index in [1.165, 1.54) is 12.8 Å². The zero-order valence-electron chi connectivity index (χ0n) is 7.68. The van der Waals surface area contributed by atoms with E-state index < -0.39 is 0 Å². The summed E-state index contributed by atoms with van der Waals surface area (Å²) in [5, 5.41) is 2.58. The van der Waals surface area contributed by atoms with Crippen LogP contribution in [0.5, 0.6) is 0 Å². The highest BCUT2D eigenvalue weighted by molar-refractivity contribution is 5.73. The van der Waals surface area contributed by atoms with E-state index in [-0.39, 0.29) is 6.03 Å². The first-order chi connectivity index (χ1) is 5.22. The Balaban J connectivity index is 3.36. The van der Waals surface area contributed by atoms with E-state index in [0.717, 1.165) is 13.0 Å². The molecule has 0 aliphatic carbocycles. The topological polar surface area (TPSA) is 32.3 Å². The van der Waals surface area contributed by atoms with Crippen molar-refractivity contribution in [1.29, 1.82) is 0 Å². The van der Waals surface area contributed by atoms with Crippen LogP contribution in [0.2, 0.25) is 0 Å². The predicted octanol–water partition coefficient (Wildman–Crippen LogP) is 1.45. The number of carbonyl (C=O) groups excluding carboxylic acids is 1. The van der Waals surface area contributed by atoms with Gasteiger partial charge in [-0.15, -0.1) is 0 Å². The van der Waals surface area contributed by atoms with Crippen molar-refractivity contribution >= 4 is 6.03 Å². The first-order valence-corrected chi connectivity index (χ1v) is 4.15. The second-order valence-corrected chi connectivity index (χ2v) is 2.68. The Labute approximate surface area is 68.8 Å². The number of rotatable bonds is 4. The van der Waals surface area contributed by atoms with Crippen LogP contribution < -0.4 is 5.32 Å². The molecule has 11 heavy (non-hydrogen) atoms. The molecule has 0 rings (SSSR count). The normalized spacial score (nSPS) is 9.36. The van der Waals surface area contributed by atoms with Crippen molar-refractivity contribution in [3.63, 3.8) is 0 Å². The lowest BCUT2D eigenvalue weighted by atomic mass is 10.2. The first kappa shape index (κ1) is 10.3. The van der Waals surface area contributed by atoms with Crippen LogP contribution in [0, 0.1) is 0 Å². The molecular weight excluding hydrogens is 140 g/mol. The summed E-state index contributed by atoms with van der Waals surface area (Å²) in [5.74, 6) is 0. The molecule has 0 aromatic carbocycles. The van der Waals surface area contributed by atoms with E-state index in [2.05, 4.69) is 12.2 Å². The summed E-state index contributed by atoms with van der Waals surface area (Å²) in [6.45, 7) is 3.01. The maximum absolute atomic E-state index is 10.9. The van der Waals surface area contributed by atoms with E-state index in [4.69, 9.17) is 0 Å². The third-order valence-electron chi connectivity index (χ3n) is 1.66. The van der Waals surface area contributed by atoms with Crippen LogP contribution in [-0.2, 0) is 0 Å². The molecule has 0 saturated heterocycles. The quantitative estimate of drug-likeness (QED) is 0.617. The van der Waals surface area contributed by atoms with Crippen LogP contribution in [0.3, 0.4) is 0 Å². The Bertz CT molecular complexity index is 115. The fraction of sp³-hybridized carbons (Fsp3) is 0.875. The van der Waals surface area contributed by atoms with Gasteiger partial charge in [-0.2, -0.15) is 0 Å². The Hall–Kier alpha value is -0.730. The number of nitrogens with zero attached hydrogens (tertiary/aromatic N) is 1. The molecular formula is C8H18N2O. The zero-order valence-corrected chi connectivity index (χ0v) is 7.68. The molecule has 2 amide bonds. The summed E-state index contributed by atoms with van der Waals surface area (Å²) in [4.78, 5) is 12.6. The number of hydrogen-bond acceptors (Lipinski definition) is 1. The molecule has 0 fully saturated rings. The molecule has 0 spiro atoms. The van der Waals surface area contributed by atoms with Crippen LogP contribution >= 0.6 is 0 Å². The van der Waals surface area contributed by atoms with Gasteiger partial charge in [0.05, 0.1) is 0 Å². The second-order valence-electron chi connectivity index (χ2n) is 2.68. The minimum atomic E-state index is 0.00102. The summed E-state index contributed by atoms with van der Waals surface area (Å²) in [6.07, 6.45) is 3.49. The van der Waals surface area contributed by atoms with E-state index >= 15 is 0 Å². The Kier molecular flexibility index (Phi) is 5.61. The van der Waals surface area contributed by atoms with Gasteiger partial charge in [-0.05, 0) is 6.42 Å². The molecule has 1 N–H and O–H groups in total. The van der Waals surface area contributed by atoms with Gasteiger partial charge in [-0.25, -0.2) is 4.79 Å². The summed E-state index contributed by atoms with van der Waals surface area (Å²) in [5.41, 5.74) is 0. The second kappa shape index (κ2) is 6.01. The van der Waals surface area contributed by atoms with Gasteiger partial charge in [0, 0.05) is 20.6 Å². The van der Waals surface area contributed by atoms with Gasteiger partial charge in [0.15, 0.2) is 0 Å². The highest BCUT2D eigenvalue weighted by Crippen LogP contribution is 1.95. The van der Waals surface area contributed by atoms with Gasteiger partial charge in [0.25, 0.3) is 0 Å². The van der Waals surface area contributed by atoms with Crippen LogP contribution in [0.25, 0.3) is 0 Å². The third kappa shape index (κ3) is 4.65. The largest absolute Gasteiger partial charge is 0.341 e. The van der Waals surface area contributed by atoms with Gasteiger partial charge in [-0.3, -0.25) is 0 Å². The summed E-state index contributed by atoms with van der Waals surface area (Å²) in [7, 11) is 3.47. The lowest BCUT2D eigenvalue weighted by Crippen LogP contribution is -2.35. The van der Waals surface area contributed by atoms with Crippen molar-refractivity contribution < 1.29 is 4.79 Å². The summed E-state index contributed by atoms with van der Waals surface area (Å²) < 4.78 is 0. The van der Waals surface area contributed by atoms with Crippen LogP contribution in [0.4, 0.5) is 4.79 Å². The fourth-order valence-electron chi connectivity index (χ4n) is 0.891. The molecule has 0 aromatic heterocycles. The lowest BCUT2D eigenvalue weighted by molar-refractivity contribution is 0.210. The molecule has 0 atom stereocenters. The van der Waals surface area contributed by atoms with Gasteiger partial charge in [0.2, 0.25) is 0 Å². The minimum absolute atomic E-state index is 0.00102. The molecule has 3 heteroatoms. The van der Waals surface area contributed by atoms with Gasteiger partial charge in [-0.1, -0.05) is 19.8 Å². The summed E-state index contributed by atoms with van der Waals surface area (Å²) >= 11 is 0. The number of nitrogens with one attached hydrogen (secondary N) is 1. The lowest BCUT2D eigenvalue weighted by Gasteiger charge is -2.15. The first-order valence-electron chi connectivity index (χ1n) is 4.15. The van der Waals surface area contributed by atoms with E-state index in [1.807, 2.05) is 7.05 Å². The number of unbranched alkanes of at least 4 members (excludes halogenated alkanes) is 2. The van der Waals surface area contributed by atoms with Crippen molar-refractivity contribution in [3.8, 4) is 0 Å². The minimum Gasteiger partial charge on any atom is -0.341 e. The molecule has 0 saturated carbocycles. The van der Waals surface area contributed by atoms with Gasteiger partial charge >= 0.3 is 6.03 Å². The van der Waals surface area contributed by atoms with Crippen molar-refractivity contribution in [2.45, 2.75) is 26.2 Å². The number of amides is 2. The van der Waals surface area contributed by atoms with Crippen molar-refractivity contribution in [2.24, 2.45) is 0 Å². The van der Waals surface area contributed by atoms with E-state index in [9.17, 15) is 4.79 Å². The highest BCUT2D eigenvalue weighted by atomic mass is 16.2. The van der Waals surface area contributed by atoms with E-state index in [0.29, 0.717) is 0 Å². The predicted molar refractivity (Wildman–Crippen MR) is 46.6 cm³/mol. The molecule has 0 radical (unpaired) electrons. The Morgan fingerprint density at radius 2 is 2.09 bits per heavy atom. The molecule has 0 aliphatic rings. The van der Waals surface area contributed by atoms with Crippen molar-refractivity contribution in [2.75, 3.05) is 20.6 Å². The molecule has 0 unspecified atom stereocenters. The monoisotopic (exact) mass is 158 g/mol. The number of hydrogen-bond donors (Lipinski definition) is 1. The average molecular weight is 158 g/mol. The molecule has 0 heterocycles. The van der Waals surface area contributed by atoms with Crippen LogP contribution in [-0.4, -0.2) is 31.6 Å². The molecule has 0 bridgehead atoms. The average Bonchev–Trinajstić information content (AvgIpc) is 2.03. The van der Waals surface area contributed by atoms with Crippen molar-refractivity contribution in [3.05, 3.63) is 0 Å². The van der Waals surface area contributed by atoms with Gasteiger partial charge < -0.3 is 10.2 Å². The zero-order chi connectivity index (χ0) is 8.69. The highest BCUT2D eigenvalue weighted by Gasteiger charge is 2.02. The maximum atomic E-state index is 10.9. The third-order valence-corrected chi connectivity index (χ3v) is 1.66. The molecule has 0 aliphatic heterocycles. The van der Waals surface area contributed by atoms with E-state index in [1.54, 1.807) is 11.9 Å². The van der Waals surface area contributed by atoms with Crippen LogP contribution in [0.1, 0.15) is 26.2 Å².